The van der Waals surface area contributed by atoms with E-state index in [0.717, 1.165) is 5.75 Å². The molecular formula is C6H12N2OS. The van der Waals surface area contributed by atoms with Crippen molar-refractivity contribution < 1.29 is 4.79 Å². The average molecular weight is 160 g/mol. The molecule has 0 rings (SSSR count). The van der Waals surface area contributed by atoms with E-state index in [1.54, 1.807) is 24.2 Å². The highest BCUT2D eigenvalue weighted by Crippen LogP contribution is 1.99. The van der Waals surface area contributed by atoms with Gasteiger partial charge < -0.3 is 10.6 Å². The number of nitrogens with two attached hydrogens (primary N) is 1. The molecule has 58 valence electrons. The molecular weight excluding hydrogens is 148 g/mol. The van der Waals surface area contributed by atoms with Crippen molar-refractivity contribution in [2.75, 3.05) is 19.3 Å². The molecule has 0 saturated heterocycles. The zero-order chi connectivity index (χ0) is 7.98. The highest BCUT2D eigenvalue weighted by atomic mass is 32.2. The quantitative estimate of drug-likeness (QED) is 0.620. The van der Waals surface area contributed by atoms with Gasteiger partial charge in [0.1, 0.15) is 0 Å². The van der Waals surface area contributed by atoms with Crippen LogP contribution in [-0.2, 0) is 0 Å². The van der Waals surface area contributed by atoms with E-state index in [4.69, 9.17) is 5.73 Å². The molecule has 3 nitrogen and oxygen atoms in total. The second-order valence-electron chi connectivity index (χ2n) is 1.80. The normalized spacial score (nSPS) is 8.90. The monoisotopic (exact) mass is 160 g/mol. The lowest BCUT2D eigenvalue weighted by molar-refractivity contribution is 0.221. The Balaban J connectivity index is 3.30. The summed E-state index contributed by atoms with van der Waals surface area (Å²) in [6, 6.07) is -0.385. The van der Waals surface area contributed by atoms with Crippen molar-refractivity contribution in [3.63, 3.8) is 0 Å². The van der Waals surface area contributed by atoms with Gasteiger partial charge in [-0.05, 0) is 5.41 Å². The Bertz CT molecular complexity index is 127. The molecule has 4 heteroatoms. The van der Waals surface area contributed by atoms with Crippen LogP contribution >= 0.6 is 11.8 Å². The number of thioether (sulfide) groups is 1. The standard InChI is InChI=1S/C6H12N2OS/c1-3-10-5-4-8(2)6(7)9/h3H,1,4-5H2,2H3,(H2,7,9). The molecule has 10 heavy (non-hydrogen) atoms. The van der Waals surface area contributed by atoms with Gasteiger partial charge in [-0.15, -0.1) is 11.8 Å². The molecule has 0 unspecified atom stereocenters. The maximum Gasteiger partial charge on any atom is 0.314 e. The number of carbonyl (C=O) groups is 1. The van der Waals surface area contributed by atoms with Gasteiger partial charge in [-0.2, -0.15) is 0 Å². The van der Waals surface area contributed by atoms with Crippen LogP contribution in [0.15, 0.2) is 12.0 Å². The van der Waals surface area contributed by atoms with Crippen LogP contribution in [0.1, 0.15) is 0 Å². The van der Waals surface area contributed by atoms with Gasteiger partial charge in [0, 0.05) is 19.3 Å². The van der Waals surface area contributed by atoms with E-state index < -0.39 is 0 Å². The number of nitrogens with zero attached hydrogens (tertiary/aromatic N) is 1. The van der Waals surface area contributed by atoms with Gasteiger partial charge in [0.15, 0.2) is 0 Å². The first-order chi connectivity index (χ1) is 4.68. The number of rotatable bonds is 4. The molecule has 2 amide bonds. The summed E-state index contributed by atoms with van der Waals surface area (Å²) in [5.41, 5.74) is 4.97. The largest absolute Gasteiger partial charge is 0.351 e. The molecule has 0 saturated carbocycles. The van der Waals surface area contributed by atoms with Crippen LogP contribution in [0.4, 0.5) is 4.79 Å². The third kappa shape index (κ3) is 4.26. The van der Waals surface area contributed by atoms with E-state index in [0.29, 0.717) is 6.54 Å². The van der Waals surface area contributed by atoms with E-state index in [2.05, 4.69) is 6.58 Å². The molecule has 2 N–H and O–H groups in total. The van der Waals surface area contributed by atoms with Crippen LogP contribution < -0.4 is 5.73 Å². The van der Waals surface area contributed by atoms with Crippen LogP contribution in [0.2, 0.25) is 0 Å². The molecule has 0 aliphatic rings. The third-order valence-electron chi connectivity index (χ3n) is 1.04. The van der Waals surface area contributed by atoms with Crippen LogP contribution in [0.3, 0.4) is 0 Å². The number of urea groups is 1. The maximum absolute atomic E-state index is 10.4. The smallest absolute Gasteiger partial charge is 0.314 e. The summed E-state index contributed by atoms with van der Waals surface area (Å²) in [6.07, 6.45) is 0. The van der Waals surface area contributed by atoms with E-state index in [1.165, 1.54) is 4.90 Å². The Morgan fingerprint density at radius 1 is 1.90 bits per heavy atom. The summed E-state index contributed by atoms with van der Waals surface area (Å²) < 4.78 is 0. The molecule has 0 aromatic carbocycles. The van der Waals surface area contributed by atoms with Crippen LogP contribution in [0.25, 0.3) is 0 Å². The van der Waals surface area contributed by atoms with E-state index >= 15 is 0 Å². The van der Waals surface area contributed by atoms with Gasteiger partial charge in [0.2, 0.25) is 0 Å². The first-order valence-corrected chi connectivity index (χ1v) is 3.96. The zero-order valence-electron chi connectivity index (χ0n) is 6.04. The van der Waals surface area contributed by atoms with Crippen molar-refractivity contribution >= 4 is 17.8 Å². The molecule has 0 spiro atoms. The van der Waals surface area contributed by atoms with Crippen molar-refractivity contribution in [3.8, 4) is 0 Å². The van der Waals surface area contributed by atoms with Crippen molar-refractivity contribution in [2.24, 2.45) is 5.73 Å². The Hall–Kier alpha value is -0.640. The lowest BCUT2D eigenvalue weighted by Crippen LogP contribution is -2.33. The maximum atomic E-state index is 10.4. The average Bonchev–Trinajstić information content (AvgIpc) is 1.88. The molecule has 0 atom stereocenters. The first kappa shape index (κ1) is 9.36. The van der Waals surface area contributed by atoms with Gasteiger partial charge in [-0.1, -0.05) is 6.58 Å². The molecule has 0 fully saturated rings. The molecule has 0 radical (unpaired) electrons. The highest BCUT2D eigenvalue weighted by Gasteiger charge is 1.99. The molecule has 0 aromatic heterocycles. The lowest BCUT2D eigenvalue weighted by Gasteiger charge is -2.11. The van der Waals surface area contributed by atoms with Crippen LogP contribution in [0.5, 0.6) is 0 Å². The summed E-state index contributed by atoms with van der Waals surface area (Å²) in [5.74, 6) is 0.850. The molecule has 0 aliphatic heterocycles. The summed E-state index contributed by atoms with van der Waals surface area (Å²) in [6.45, 7) is 4.20. The Kier molecular flexibility index (Phi) is 4.84. The third-order valence-corrected chi connectivity index (χ3v) is 1.69. The van der Waals surface area contributed by atoms with Gasteiger partial charge in [-0.3, -0.25) is 0 Å². The topological polar surface area (TPSA) is 46.3 Å². The number of primary amides is 1. The van der Waals surface area contributed by atoms with Gasteiger partial charge >= 0.3 is 6.03 Å². The van der Waals surface area contributed by atoms with Crippen molar-refractivity contribution in [1.82, 2.24) is 4.90 Å². The Morgan fingerprint density at radius 2 is 2.50 bits per heavy atom. The van der Waals surface area contributed by atoms with Crippen molar-refractivity contribution in [2.45, 2.75) is 0 Å². The summed E-state index contributed by atoms with van der Waals surface area (Å²) >= 11 is 1.57. The van der Waals surface area contributed by atoms with Crippen molar-refractivity contribution in [1.29, 1.82) is 0 Å². The second kappa shape index (κ2) is 5.17. The minimum absolute atomic E-state index is 0.385. The minimum Gasteiger partial charge on any atom is -0.351 e. The van der Waals surface area contributed by atoms with E-state index in [-0.39, 0.29) is 6.03 Å². The molecule has 0 aromatic rings. The first-order valence-electron chi connectivity index (χ1n) is 2.91. The van der Waals surface area contributed by atoms with Gasteiger partial charge in [0.25, 0.3) is 0 Å². The summed E-state index contributed by atoms with van der Waals surface area (Å²) in [7, 11) is 1.67. The van der Waals surface area contributed by atoms with Gasteiger partial charge in [-0.25, -0.2) is 4.79 Å². The highest BCUT2D eigenvalue weighted by molar-refractivity contribution is 8.02. The lowest BCUT2D eigenvalue weighted by atomic mass is 10.6. The Morgan fingerprint density at radius 3 is 2.90 bits per heavy atom. The van der Waals surface area contributed by atoms with Crippen LogP contribution in [0, 0.1) is 0 Å². The summed E-state index contributed by atoms with van der Waals surface area (Å²) in [4.78, 5) is 11.9. The SMILES string of the molecule is C=CSCCN(C)C(N)=O. The fraction of sp³-hybridized carbons (Fsp3) is 0.500. The fourth-order valence-electron chi connectivity index (χ4n) is 0.383. The van der Waals surface area contributed by atoms with E-state index in [1.807, 2.05) is 0 Å². The Labute approximate surface area is 65.3 Å². The van der Waals surface area contributed by atoms with Crippen LogP contribution in [-0.4, -0.2) is 30.3 Å². The number of hydrogen-bond donors (Lipinski definition) is 1. The predicted molar refractivity (Wildman–Crippen MR) is 44.9 cm³/mol. The molecule has 0 heterocycles. The number of amides is 2. The fourth-order valence-corrected chi connectivity index (χ4v) is 0.929. The number of hydrogen-bond acceptors (Lipinski definition) is 2. The number of carbonyl (C=O) groups excluding carboxylic acids is 1. The molecule has 0 aliphatic carbocycles. The predicted octanol–water partition coefficient (Wildman–Crippen LogP) is 0.874. The zero-order valence-corrected chi connectivity index (χ0v) is 6.86. The second-order valence-corrected chi connectivity index (χ2v) is 2.87. The van der Waals surface area contributed by atoms with Gasteiger partial charge in [0.05, 0.1) is 0 Å². The van der Waals surface area contributed by atoms with E-state index in [9.17, 15) is 4.79 Å². The van der Waals surface area contributed by atoms with Crippen molar-refractivity contribution in [3.05, 3.63) is 12.0 Å². The summed E-state index contributed by atoms with van der Waals surface area (Å²) in [5, 5.41) is 1.74. The minimum atomic E-state index is -0.385. The molecule has 0 bridgehead atoms.